The Bertz CT molecular complexity index is 734. The van der Waals surface area contributed by atoms with Crippen LogP contribution in [0.5, 0.6) is 0 Å². The first kappa shape index (κ1) is 15.5. The second-order valence-corrected chi connectivity index (χ2v) is 5.59. The summed E-state index contributed by atoms with van der Waals surface area (Å²) in [7, 11) is 0. The predicted molar refractivity (Wildman–Crippen MR) is 70.4 cm³/mol. The summed E-state index contributed by atoms with van der Waals surface area (Å²) in [4.78, 5) is 13.8. The van der Waals surface area contributed by atoms with E-state index in [1.54, 1.807) is 6.07 Å². The zero-order chi connectivity index (χ0) is 16.8. The molecule has 1 aliphatic heterocycles. The Morgan fingerprint density at radius 1 is 1.30 bits per heavy atom. The lowest BCUT2D eigenvalue weighted by Crippen LogP contribution is -2.39. The molecule has 0 spiro atoms. The molecule has 2 aromatic heterocycles. The Hall–Kier alpha value is -2.39. The fourth-order valence-corrected chi connectivity index (χ4v) is 2.36. The van der Waals surface area contributed by atoms with Gasteiger partial charge in [-0.05, 0) is 0 Å². The van der Waals surface area contributed by atoms with E-state index in [2.05, 4.69) is 15.4 Å². The number of carbonyl (C=O) groups is 1. The number of aromatic nitrogens is 4. The molecular weight excluding hydrogens is 315 g/mol. The molecule has 1 aliphatic rings. The first-order valence-electron chi connectivity index (χ1n) is 7.02. The van der Waals surface area contributed by atoms with Crippen LogP contribution in [0.4, 0.5) is 13.2 Å². The van der Waals surface area contributed by atoms with Crippen molar-refractivity contribution in [1.82, 2.24) is 24.8 Å². The molecule has 0 aromatic carbocycles. The van der Waals surface area contributed by atoms with Crippen molar-refractivity contribution >= 4 is 5.91 Å². The molecule has 3 rings (SSSR count). The van der Waals surface area contributed by atoms with Gasteiger partial charge in [0.1, 0.15) is 5.76 Å². The molecule has 0 bridgehead atoms. The summed E-state index contributed by atoms with van der Waals surface area (Å²) in [5.74, 6) is -0.674. The Balaban J connectivity index is 1.79. The van der Waals surface area contributed by atoms with Crippen LogP contribution in [0.1, 0.15) is 47.7 Å². The van der Waals surface area contributed by atoms with Crippen molar-refractivity contribution in [3.8, 4) is 0 Å². The van der Waals surface area contributed by atoms with Gasteiger partial charge in [-0.2, -0.15) is 13.2 Å². The number of amides is 1. The summed E-state index contributed by atoms with van der Waals surface area (Å²) < 4.78 is 44.4. The van der Waals surface area contributed by atoms with Gasteiger partial charge in [0.05, 0.1) is 6.54 Å². The highest BCUT2D eigenvalue weighted by Gasteiger charge is 2.40. The minimum atomic E-state index is -4.56. The number of hydrogen-bond donors (Lipinski definition) is 0. The van der Waals surface area contributed by atoms with Gasteiger partial charge in [-0.15, -0.1) is 10.2 Å². The molecule has 0 unspecified atom stereocenters. The average molecular weight is 329 g/mol. The summed E-state index contributed by atoms with van der Waals surface area (Å²) in [6.45, 7) is 3.86. The predicted octanol–water partition coefficient (Wildman–Crippen LogP) is 2.06. The molecular formula is C13H14F3N5O2. The molecule has 1 amide bonds. The van der Waals surface area contributed by atoms with Crippen molar-refractivity contribution in [3.63, 3.8) is 0 Å². The van der Waals surface area contributed by atoms with Crippen LogP contribution >= 0.6 is 0 Å². The van der Waals surface area contributed by atoms with Gasteiger partial charge in [0, 0.05) is 25.1 Å². The van der Waals surface area contributed by atoms with Gasteiger partial charge in [0.2, 0.25) is 5.82 Å². The Morgan fingerprint density at radius 3 is 2.65 bits per heavy atom. The van der Waals surface area contributed by atoms with Crippen molar-refractivity contribution in [3.05, 3.63) is 29.2 Å². The van der Waals surface area contributed by atoms with Gasteiger partial charge in [-0.25, -0.2) is 0 Å². The van der Waals surface area contributed by atoms with Crippen LogP contribution in [0, 0.1) is 0 Å². The molecule has 0 aliphatic carbocycles. The standard InChI is InChI=1S/C13H14F3N5O2/c1-7(2)9-5-8(19-23-9)11(22)20-3-4-21-10(6-20)17-18-12(21)13(14,15)16/h5,7H,3-4,6H2,1-2H3. The fourth-order valence-electron chi connectivity index (χ4n) is 2.36. The summed E-state index contributed by atoms with van der Waals surface area (Å²) in [5, 5.41) is 10.4. The highest BCUT2D eigenvalue weighted by Crippen LogP contribution is 2.29. The molecule has 10 heteroatoms. The van der Waals surface area contributed by atoms with Gasteiger partial charge in [0.15, 0.2) is 11.5 Å². The highest BCUT2D eigenvalue weighted by atomic mass is 19.4. The van der Waals surface area contributed by atoms with Crippen molar-refractivity contribution in [2.75, 3.05) is 6.54 Å². The van der Waals surface area contributed by atoms with Gasteiger partial charge in [0.25, 0.3) is 5.91 Å². The Kier molecular flexibility index (Phi) is 3.61. The smallest absolute Gasteiger partial charge is 0.360 e. The van der Waals surface area contributed by atoms with Gasteiger partial charge in [-0.1, -0.05) is 19.0 Å². The van der Waals surface area contributed by atoms with Gasteiger partial charge in [-0.3, -0.25) is 4.79 Å². The van der Waals surface area contributed by atoms with Crippen LogP contribution in [0.15, 0.2) is 10.6 Å². The molecule has 0 fully saturated rings. The van der Waals surface area contributed by atoms with Crippen molar-refractivity contribution in [2.24, 2.45) is 0 Å². The summed E-state index contributed by atoms with van der Waals surface area (Å²) in [5.41, 5.74) is 0.137. The number of carbonyl (C=O) groups excluding carboxylic acids is 1. The van der Waals surface area contributed by atoms with Crippen molar-refractivity contribution in [2.45, 2.75) is 39.0 Å². The fraction of sp³-hybridized carbons (Fsp3) is 0.538. The lowest BCUT2D eigenvalue weighted by Gasteiger charge is -2.27. The van der Waals surface area contributed by atoms with E-state index in [0.717, 1.165) is 4.57 Å². The van der Waals surface area contributed by atoms with Crippen LogP contribution in [0.2, 0.25) is 0 Å². The first-order valence-corrected chi connectivity index (χ1v) is 7.02. The van der Waals surface area contributed by atoms with E-state index in [0.29, 0.717) is 5.76 Å². The van der Waals surface area contributed by atoms with Crippen LogP contribution in [-0.2, 0) is 19.3 Å². The van der Waals surface area contributed by atoms with Crippen LogP contribution in [0.3, 0.4) is 0 Å². The third-order valence-corrected chi connectivity index (χ3v) is 3.61. The topological polar surface area (TPSA) is 77.1 Å². The largest absolute Gasteiger partial charge is 0.451 e. The van der Waals surface area contributed by atoms with E-state index < -0.39 is 17.9 Å². The van der Waals surface area contributed by atoms with E-state index in [-0.39, 0.29) is 37.1 Å². The SMILES string of the molecule is CC(C)c1cc(C(=O)N2CCn3c(nnc3C(F)(F)F)C2)no1. The summed E-state index contributed by atoms with van der Waals surface area (Å²) >= 11 is 0. The maximum absolute atomic E-state index is 12.8. The Morgan fingerprint density at radius 2 is 2.04 bits per heavy atom. The average Bonchev–Trinajstić information content (AvgIpc) is 3.12. The molecule has 23 heavy (non-hydrogen) atoms. The molecule has 0 atom stereocenters. The van der Waals surface area contributed by atoms with E-state index in [4.69, 9.17) is 4.52 Å². The first-order chi connectivity index (χ1) is 10.8. The molecule has 2 aromatic rings. The minimum absolute atomic E-state index is 0.0161. The number of alkyl halides is 3. The number of hydrogen-bond acceptors (Lipinski definition) is 5. The van der Waals surface area contributed by atoms with Crippen LogP contribution < -0.4 is 0 Å². The molecule has 0 N–H and O–H groups in total. The molecule has 3 heterocycles. The lowest BCUT2D eigenvalue weighted by atomic mass is 10.1. The van der Waals surface area contributed by atoms with E-state index >= 15 is 0 Å². The van der Waals surface area contributed by atoms with Crippen LogP contribution in [-0.4, -0.2) is 37.3 Å². The Labute approximate surface area is 129 Å². The molecule has 0 saturated heterocycles. The van der Waals surface area contributed by atoms with Crippen LogP contribution in [0.25, 0.3) is 0 Å². The molecule has 7 nitrogen and oxygen atoms in total. The third-order valence-electron chi connectivity index (χ3n) is 3.61. The number of nitrogens with zero attached hydrogens (tertiary/aromatic N) is 5. The van der Waals surface area contributed by atoms with E-state index in [1.807, 2.05) is 13.8 Å². The van der Waals surface area contributed by atoms with Gasteiger partial charge < -0.3 is 14.0 Å². The summed E-state index contributed by atoms with van der Waals surface area (Å²) in [6.07, 6.45) is -4.56. The maximum atomic E-state index is 12.8. The van der Waals surface area contributed by atoms with Crippen molar-refractivity contribution in [1.29, 1.82) is 0 Å². The molecule has 0 saturated carbocycles. The number of rotatable bonds is 2. The van der Waals surface area contributed by atoms with Crippen molar-refractivity contribution < 1.29 is 22.5 Å². The molecule has 0 radical (unpaired) electrons. The minimum Gasteiger partial charge on any atom is -0.360 e. The van der Waals surface area contributed by atoms with E-state index in [1.165, 1.54) is 4.90 Å². The lowest BCUT2D eigenvalue weighted by molar-refractivity contribution is -0.147. The zero-order valence-electron chi connectivity index (χ0n) is 12.5. The third kappa shape index (κ3) is 2.80. The molecule has 124 valence electrons. The second kappa shape index (κ2) is 5.36. The maximum Gasteiger partial charge on any atom is 0.451 e. The normalized spacial score (nSPS) is 15.1. The quantitative estimate of drug-likeness (QED) is 0.843. The highest BCUT2D eigenvalue weighted by molar-refractivity contribution is 5.92. The second-order valence-electron chi connectivity index (χ2n) is 5.59. The van der Waals surface area contributed by atoms with E-state index in [9.17, 15) is 18.0 Å². The monoisotopic (exact) mass is 329 g/mol. The number of halogens is 3. The zero-order valence-corrected chi connectivity index (χ0v) is 12.5. The number of fused-ring (bicyclic) bond motifs is 1. The summed E-state index contributed by atoms with van der Waals surface area (Å²) in [6, 6.07) is 1.55. The van der Waals surface area contributed by atoms with Gasteiger partial charge >= 0.3 is 6.18 Å².